The van der Waals surface area contributed by atoms with Crippen LogP contribution in [-0.4, -0.2) is 42.3 Å². The molecule has 0 bridgehead atoms. The van der Waals surface area contributed by atoms with Crippen molar-refractivity contribution < 1.29 is 32.2 Å². The zero-order valence-electron chi connectivity index (χ0n) is 12.6. The predicted molar refractivity (Wildman–Crippen MR) is 74.0 cm³/mol. The Balaban J connectivity index is 2.60. The zero-order chi connectivity index (χ0) is 17.5. The Bertz CT molecular complexity index is 549. The van der Waals surface area contributed by atoms with E-state index in [1.54, 1.807) is 13.8 Å². The van der Waals surface area contributed by atoms with E-state index in [0.717, 1.165) is 0 Å². The molecule has 1 aromatic rings. The van der Waals surface area contributed by atoms with E-state index in [-0.39, 0.29) is 24.6 Å². The van der Waals surface area contributed by atoms with Gasteiger partial charge in [-0.05, 0) is 19.9 Å². The normalized spacial score (nSPS) is 12.4. The maximum Gasteiger partial charge on any atom is 0.422 e. The third-order valence-electron chi connectivity index (χ3n) is 2.50. The van der Waals surface area contributed by atoms with Crippen molar-refractivity contribution in [2.75, 3.05) is 13.2 Å². The lowest BCUT2D eigenvalue weighted by Crippen LogP contribution is -2.35. The van der Waals surface area contributed by atoms with Crippen LogP contribution in [0.15, 0.2) is 18.2 Å². The van der Waals surface area contributed by atoms with E-state index in [4.69, 9.17) is 4.74 Å². The van der Waals surface area contributed by atoms with E-state index >= 15 is 0 Å². The molecule has 128 valence electrons. The topological polar surface area (TPSA) is 77.5 Å². The number of carbonyl (C=O) groups is 2. The van der Waals surface area contributed by atoms with Gasteiger partial charge in [0.1, 0.15) is 5.69 Å². The van der Waals surface area contributed by atoms with Gasteiger partial charge in [0, 0.05) is 12.1 Å². The maximum absolute atomic E-state index is 12.1. The molecule has 1 heterocycles. The lowest BCUT2D eigenvalue weighted by atomic mass is 10.2. The summed E-state index contributed by atoms with van der Waals surface area (Å²) in [5.41, 5.74) is -0.111. The van der Waals surface area contributed by atoms with Gasteiger partial charge in [0.25, 0.3) is 5.91 Å². The molecular weight excluding hydrogens is 317 g/mol. The summed E-state index contributed by atoms with van der Waals surface area (Å²) in [6.45, 7) is 2.00. The number of alkyl halides is 3. The number of hydrogen-bond acceptors (Lipinski definition) is 5. The molecule has 0 aromatic carbocycles. The van der Waals surface area contributed by atoms with Crippen molar-refractivity contribution in [3.8, 4) is 5.88 Å². The van der Waals surface area contributed by atoms with Crippen molar-refractivity contribution in [3.63, 3.8) is 0 Å². The molecule has 0 unspecified atom stereocenters. The molecule has 0 saturated heterocycles. The largest absolute Gasteiger partial charge is 0.468 e. The average Bonchev–Trinajstić information content (AvgIpc) is 2.44. The van der Waals surface area contributed by atoms with E-state index in [2.05, 4.69) is 15.0 Å². The third-order valence-corrected chi connectivity index (χ3v) is 2.50. The highest BCUT2D eigenvalue weighted by atomic mass is 19.4. The first-order chi connectivity index (χ1) is 10.7. The van der Waals surface area contributed by atoms with Gasteiger partial charge in [0.05, 0.1) is 13.0 Å². The van der Waals surface area contributed by atoms with Gasteiger partial charge < -0.3 is 14.8 Å². The van der Waals surface area contributed by atoms with Gasteiger partial charge in [-0.2, -0.15) is 13.2 Å². The predicted octanol–water partition coefficient (Wildman–Crippen LogP) is 2.09. The summed E-state index contributed by atoms with van der Waals surface area (Å²) >= 11 is 0. The fourth-order valence-electron chi connectivity index (χ4n) is 1.60. The second-order valence-electron chi connectivity index (χ2n) is 4.65. The van der Waals surface area contributed by atoms with Crippen molar-refractivity contribution >= 4 is 11.9 Å². The van der Waals surface area contributed by atoms with Gasteiger partial charge >= 0.3 is 12.1 Å². The minimum atomic E-state index is -4.49. The van der Waals surface area contributed by atoms with Crippen LogP contribution < -0.4 is 10.1 Å². The maximum atomic E-state index is 12.1. The van der Waals surface area contributed by atoms with E-state index in [9.17, 15) is 22.8 Å². The molecule has 0 saturated carbocycles. The molecule has 0 fully saturated rings. The second-order valence-corrected chi connectivity index (χ2v) is 4.65. The van der Waals surface area contributed by atoms with E-state index in [1.165, 1.54) is 18.2 Å². The van der Waals surface area contributed by atoms with Crippen LogP contribution in [0, 0.1) is 0 Å². The van der Waals surface area contributed by atoms with Gasteiger partial charge in [-0.25, -0.2) is 4.98 Å². The number of rotatable bonds is 7. The van der Waals surface area contributed by atoms with Crippen molar-refractivity contribution in [2.24, 2.45) is 0 Å². The first-order valence-corrected chi connectivity index (χ1v) is 6.84. The van der Waals surface area contributed by atoms with Crippen LogP contribution in [-0.2, 0) is 9.53 Å². The van der Waals surface area contributed by atoms with Gasteiger partial charge in [0.2, 0.25) is 5.88 Å². The number of halogens is 3. The summed E-state index contributed by atoms with van der Waals surface area (Å²) in [5, 5.41) is 2.51. The molecule has 1 amide bonds. The summed E-state index contributed by atoms with van der Waals surface area (Å²) in [7, 11) is 0. The number of carbonyl (C=O) groups excluding carboxylic acids is 2. The van der Waals surface area contributed by atoms with E-state index < -0.39 is 30.7 Å². The molecule has 0 aliphatic rings. The summed E-state index contributed by atoms with van der Waals surface area (Å²) < 4.78 is 45.5. The molecule has 6 nitrogen and oxygen atoms in total. The molecule has 23 heavy (non-hydrogen) atoms. The van der Waals surface area contributed by atoms with Crippen molar-refractivity contribution in [3.05, 3.63) is 23.9 Å². The van der Waals surface area contributed by atoms with E-state index in [0.29, 0.717) is 0 Å². The smallest absolute Gasteiger partial charge is 0.422 e. The number of ether oxygens (including phenoxy) is 2. The highest BCUT2D eigenvalue weighted by molar-refractivity contribution is 5.92. The molecule has 1 aromatic heterocycles. The second kappa shape index (κ2) is 8.35. The molecular formula is C14H17F3N2O4. The Hall–Kier alpha value is -2.32. The Morgan fingerprint density at radius 1 is 1.35 bits per heavy atom. The highest BCUT2D eigenvalue weighted by Crippen LogP contribution is 2.17. The fraction of sp³-hybridized carbons (Fsp3) is 0.500. The minimum Gasteiger partial charge on any atom is -0.468 e. The summed E-state index contributed by atoms with van der Waals surface area (Å²) in [4.78, 5) is 26.9. The quantitative estimate of drug-likeness (QED) is 0.773. The Morgan fingerprint density at radius 3 is 2.65 bits per heavy atom. The van der Waals surface area contributed by atoms with Gasteiger partial charge in [0.15, 0.2) is 6.61 Å². The monoisotopic (exact) mass is 334 g/mol. The standard InChI is InChI=1S/C14H17F3N2O4/c1-3-22-12(20)7-9(2)18-13(21)10-5-4-6-11(19-10)23-8-14(15,16)17/h4-6,9H,3,7-8H2,1-2H3,(H,18,21)/t9-/m0/s1. The number of nitrogens with zero attached hydrogens (tertiary/aromatic N) is 1. The lowest BCUT2D eigenvalue weighted by molar-refractivity contribution is -0.154. The van der Waals surface area contributed by atoms with Gasteiger partial charge in [-0.3, -0.25) is 9.59 Å². The van der Waals surface area contributed by atoms with Crippen LogP contribution in [0.5, 0.6) is 5.88 Å². The molecule has 1 atom stereocenters. The molecule has 0 aliphatic heterocycles. The van der Waals surface area contributed by atoms with Crippen molar-refractivity contribution in [2.45, 2.75) is 32.5 Å². The number of aromatic nitrogens is 1. The van der Waals surface area contributed by atoms with Crippen LogP contribution in [0.1, 0.15) is 30.8 Å². The molecule has 1 rings (SSSR count). The van der Waals surface area contributed by atoms with Crippen LogP contribution in [0.25, 0.3) is 0 Å². The molecule has 1 N–H and O–H groups in total. The molecule has 0 aliphatic carbocycles. The molecule has 0 radical (unpaired) electrons. The number of pyridine rings is 1. The third kappa shape index (κ3) is 7.48. The summed E-state index contributed by atoms with van der Waals surface area (Å²) in [6, 6.07) is 3.38. The van der Waals surface area contributed by atoms with Gasteiger partial charge in [-0.1, -0.05) is 6.07 Å². The average molecular weight is 334 g/mol. The summed E-state index contributed by atoms with van der Waals surface area (Å²) in [6.07, 6.45) is -4.52. The fourth-order valence-corrected chi connectivity index (χ4v) is 1.60. The highest BCUT2D eigenvalue weighted by Gasteiger charge is 2.28. The molecule has 9 heteroatoms. The minimum absolute atomic E-state index is 0.0240. The van der Waals surface area contributed by atoms with Crippen molar-refractivity contribution in [1.29, 1.82) is 0 Å². The van der Waals surface area contributed by atoms with Crippen LogP contribution in [0.2, 0.25) is 0 Å². The zero-order valence-corrected chi connectivity index (χ0v) is 12.6. The Morgan fingerprint density at radius 2 is 2.04 bits per heavy atom. The number of esters is 1. The number of nitrogens with one attached hydrogen (secondary N) is 1. The number of hydrogen-bond donors (Lipinski definition) is 1. The SMILES string of the molecule is CCOC(=O)C[C@H](C)NC(=O)c1cccc(OCC(F)(F)F)n1. The van der Waals surface area contributed by atoms with E-state index in [1.807, 2.05) is 0 Å². The van der Waals surface area contributed by atoms with Crippen LogP contribution in [0.4, 0.5) is 13.2 Å². The van der Waals surface area contributed by atoms with Crippen molar-refractivity contribution in [1.82, 2.24) is 10.3 Å². The van der Waals surface area contributed by atoms with Gasteiger partial charge in [-0.15, -0.1) is 0 Å². The Labute approximate surface area is 131 Å². The van der Waals surface area contributed by atoms with Crippen LogP contribution in [0.3, 0.4) is 0 Å². The Kier molecular flexibility index (Phi) is 6.80. The number of amides is 1. The lowest BCUT2D eigenvalue weighted by Gasteiger charge is -2.13. The summed E-state index contributed by atoms with van der Waals surface area (Å²) in [5.74, 6) is -1.40. The van der Waals surface area contributed by atoms with Crippen LogP contribution >= 0.6 is 0 Å². The first-order valence-electron chi connectivity index (χ1n) is 6.84. The first kappa shape index (κ1) is 18.7. The molecule has 0 spiro atoms.